The molecule has 1 rings (SSSR count). The van der Waals surface area contributed by atoms with Gasteiger partial charge in [0.15, 0.2) is 6.19 Å². The molecule has 0 amide bonds. The Kier molecular flexibility index (Phi) is 0.717. The number of nitriles is 1. The van der Waals surface area contributed by atoms with Crippen molar-refractivity contribution >= 4 is 0 Å². The van der Waals surface area contributed by atoms with Gasteiger partial charge < -0.3 is 5.32 Å². The zero-order valence-corrected chi connectivity index (χ0v) is 4.36. The molecule has 0 aromatic heterocycles. The van der Waals surface area contributed by atoms with E-state index in [1.807, 2.05) is 6.19 Å². The van der Waals surface area contributed by atoms with Crippen molar-refractivity contribution in [2.24, 2.45) is 0 Å². The molecular weight excluding hydrogens is 88.1 g/mol. The molecular formula is C5H8N2. The highest BCUT2D eigenvalue weighted by Crippen LogP contribution is 2.33. The van der Waals surface area contributed by atoms with Crippen molar-refractivity contribution in [1.82, 2.24) is 5.32 Å². The molecule has 0 atom stereocenters. The van der Waals surface area contributed by atoms with Gasteiger partial charge in [0.2, 0.25) is 0 Å². The predicted molar refractivity (Wildman–Crippen MR) is 26.4 cm³/mol. The fourth-order valence-corrected chi connectivity index (χ4v) is 0.447. The van der Waals surface area contributed by atoms with Gasteiger partial charge >= 0.3 is 0 Å². The minimum absolute atomic E-state index is 0.189. The fraction of sp³-hybridized carbons (Fsp3) is 0.800. The molecule has 38 valence electrons. The van der Waals surface area contributed by atoms with Crippen molar-refractivity contribution in [1.29, 1.82) is 5.26 Å². The molecule has 0 unspecified atom stereocenters. The summed E-state index contributed by atoms with van der Waals surface area (Å²) >= 11 is 0. The monoisotopic (exact) mass is 96.1 g/mol. The number of hydrogen-bond acceptors (Lipinski definition) is 2. The van der Waals surface area contributed by atoms with E-state index < -0.39 is 0 Å². The van der Waals surface area contributed by atoms with E-state index >= 15 is 0 Å². The van der Waals surface area contributed by atoms with Gasteiger partial charge in [-0.3, -0.25) is 0 Å². The zero-order valence-electron chi connectivity index (χ0n) is 4.36. The summed E-state index contributed by atoms with van der Waals surface area (Å²) in [5.74, 6) is 0. The van der Waals surface area contributed by atoms with Crippen LogP contribution in [0.25, 0.3) is 0 Å². The van der Waals surface area contributed by atoms with Gasteiger partial charge in [-0.25, -0.2) is 0 Å². The maximum absolute atomic E-state index is 8.08. The third kappa shape index (κ3) is 0.833. The van der Waals surface area contributed by atoms with E-state index in [1.165, 1.54) is 0 Å². The molecule has 1 aliphatic carbocycles. The van der Waals surface area contributed by atoms with Gasteiger partial charge in [0.1, 0.15) is 0 Å². The molecule has 2 nitrogen and oxygen atoms in total. The Bertz CT molecular complexity index is 108. The highest BCUT2D eigenvalue weighted by molar-refractivity contribution is 5.01. The smallest absolute Gasteiger partial charge is 0.177 e. The van der Waals surface area contributed by atoms with E-state index in [1.54, 1.807) is 0 Å². The summed E-state index contributed by atoms with van der Waals surface area (Å²) in [5, 5.41) is 10.8. The van der Waals surface area contributed by atoms with Crippen LogP contribution in [0.1, 0.15) is 19.8 Å². The lowest BCUT2D eigenvalue weighted by Crippen LogP contribution is -2.21. The Morgan fingerprint density at radius 3 is 2.43 bits per heavy atom. The molecule has 1 aliphatic rings. The maximum atomic E-state index is 8.08. The van der Waals surface area contributed by atoms with Gasteiger partial charge in [-0.05, 0) is 19.8 Å². The van der Waals surface area contributed by atoms with Crippen LogP contribution in [0, 0.1) is 11.5 Å². The molecule has 0 aromatic carbocycles. The summed E-state index contributed by atoms with van der Waals surface area (Å²) in [6, 6.07) is 0. The van der Waals surface area contributed by atoms with Gasteiger partial charge in [-0.1, -0.05) is 0 Å². The summed E-state index contributed by atoms with van der Waals surface area (Å²) in [6.45, 7) is 2.05. The minimum atomic E-state index is 0.189. The Hall–Kier alpha value is -0.710. The lowest BCUT2D eigenvalue weighted by Gasteiger charge is -1.99. The molecule has 0 saturated heterocycles. The second kappa shape index (κ2) is 1.13. The van der Waals surface area contributed by atoms with Gasteiger partial charge in [-0.2, -0.15) is 5.26 Å². The molecule has 0 radical (unpaired) electrons. The average molecular weight is 96.1 g/mol. The van der Waals surface area contributed by atoms with Crippen molar-refractivity contribution in [2.75, 3.05) is 0 Å². The SMILES string of the molecule is CC1(NC#N)CC1. The van der Waals surface area contributed by atoms with Gasteiger partial charge in [0, 0.05) is 5.54 Å². The van der Waals surface area contributed by atoms with Crippen molar-refractivity contribution < 1.29 is 0 Å². The predicted octanol–water partition coefficient (Wildman–Crippen LogP) is 0.610. The molecule has 1 saturated carbocycles. The first-order chi connectivity index (χ1) is 3.27. The first-order valence-electron chi connectivity index (χ1n) is 2.43. The molecule has 0 bridgehead atoms. The van der Waals surface area contributed by atoms with Gasteiger partial charge in [-0.15, -0.1) is 0 Å². The van der Waals surface area contributed by atoms with Crippen LogP contribution in [0.3, 0.4) is 0 Å². The molecule has 0 spiro atoms. The third-order valence-corrected chi connectivity index (χ3v) is 1.36. The summed E-state index contributed by atoms with van der Waals surface area (Å²) < 4.78 is 0. The second-order valence-electron chi connectivity index (χ2n) is 2.30. The molecule has 0 aromatic rings. The minimum Gasteiger partial charge on any atom is -0.318 e. The lowest BCUT2D eigenvalue weighted by atomic mass is 10.3. The van der Waals surface area contributed by atoms with E-state index in [2.05, 4.69) is 12.2 Å². The van der Waals surface area contributed by atoms with Crippen molar-refractivity contribution in [3.8, 4) is 6.19 Å². The van der Waals surface area contributed by atoms with E-state index in [0.717, 1.165) is 12.8 Å². The average Bonchev–Trinajstić information content (AvgIpc) is 2.22. The van der Waals surface area contributed by atoms with Gasteiger partial charge in [0.25, 0.3) is 0 Å². The Balaban J connectivity index is 2.30. The highest BCUT2D eigenvalue weighted by Gasteiger charge is 2.36. The van der Waals surface area contributed by atoms with Crippen LogP contribution in [0.4, 0.5) is 0 Å². The van der Waals surface area contributed by atoms with Crippen LogP contribution in [-0.4, -0.2) is 5.54 Å². The first kappa shape index (κ1) is 4.45. The van der Waals surface area contributed by atoms with E-state index in [4.69, 9.17) is 5.26 Å². The number of nitrogens with zero attached hydrogens (tertiary/aromatic N) is 1. The van der Waals surface area contributed by atoms with Crippen LogP contribution < -0.4 is 5.32 Å². The van der Waals surface area contributed by atoms with Crippen LogP contribution in [0.5, 0.6) is 0 Å². The fourth-order valence-electron chi connectivity index (χ4n) is 0.447. The molecule has 7 heavy (non-hydrogen) atoms. The Morgan fingerprint density at radius 2 is 2.29 bits per heavy atom. The van der Waals surface area contributed by atoms with Crippen LogP contribution >= 0.6 is 0 Å². The summed E-state index contributed by atoms with van der Waals surface area (Å²) in [6.07, 6.45) is 4.23. The van der Waals surface area contributed by atoms with Crippen LogP contribution in [0.15, 0.2) is 0 Å². The number of rotatable bonds is 1. The van der Waals surface area contributed by atoms with E-state index in [0.29, 0.717) is 0 Å². The second-order valence-corrected chi connectivity index (χ2v) is 2.30. The summed E-state index contributed by atoms with van der Waals surface area (Å²) in [5.41, 5.74) is 0.189. The molecule has 2 heteroatoms. The molecule has 0 heterocycles. The topological polar surface area (TPSA) is 35.8 Å². The standard InChI is InChI=1S/C5H8N2/c1-5(2-3-5)7-4-6/h7H,2-3H2,1H3. The van der Waals surface area contributed by atoms with Gasteiger partial charge in [0.05, 0.1) is 0 Å². The highest BCUT2D eigenvalue weighted by atomic mass is 15.0. The molecule has 1 fully saturated rings. The number of hydrogen-bond donors (Lipinski definition) is 1. The third-order valence-electron chi connectivity index (χ3n) is 1.36. The normalized spacial score (nSPS) is 22.9. The number of nitrogens with one attached hydrogen (secondary N) is 1. The maximum Gasteiger partial charge on any atom is 0.177 e. The van der Waals surface area contributed by atoms with Crippen molar-refractivity contribution in [3.05, 3.63) is 0 Å². The quantitative estimate of drug-likeness (QED) is 0.383. The Labute approximate surface area is 43.1 Å². The van der Waals surface area contributed by atoms with Crippen molar-refractivity contribution in [3.63, 3.8) is 0 Å². The van der Waals surface area contributed by atoms with E-state index in [9.17, 15) is 0 Å². The molecule has 0 aliphatic heterocycles. The van der Waals surface area contributed by atoms with E-state index in [-0.39, 0.29) is 5.54 Å². The summed E-state index contributed by atoms with van der Waals surface area (Å²) in [4.78, 5) is 0. The van der Waals surface area contributed by atoms with Crippen molar-refractivity contribution in [2.45, 2.75) is 25.3 Å². The zero-order chi connectivity index (χ0) is 5.33. The van der Waals surface area contributed by atoms with Crippen LogP contribution in [-0.2, 0) is 0 Å². The van der Waals surface area contributed by atoms with Crippen LogP contribution in [0.2, 0.25) is 0 Å². The first-order valence-corrected chi connectivity index (χ1v) is 2.43. The molecule has 1 N–H and O–H groups in total. The lowest BCUT2D eigenvalue weighted by molar-refractivity contribution is 0.649. The summed E-state index contributed by atoms with van der Waals surface area (Å²) in [7, 11) is 0. The Morgan fingerprint density at radius 1 is 1.71 bits per heavy atom. The largest absolute Gasteiger partial charge is 0.318 e.